The summed E-state index contributed by atoms with van der Waals surface area (Å²) in [4.78, 5) is 27.7. The summed E-state index contributed by atoms with van der Waals surface area (Å²) >= 11 is 0. The van der Waals surface area contributed by atoms with Crippen LogP contribution < -0.4 is 0 Å². The Morgan fingerprint density at radius 1 is 1.07 bits per heavy atom. The molecule has 1 aromatic heterocycles. The minimum Gasteiger partial charge on any atom is -0.328 e. The number of halogens is 1. The van der Waals surface area contributed by atoms with Crippen LogP contribution in [0.25, 0.3) is 5.69 Å². The van der Waals surface area contributed by atoms with Gasteiger partial charge in [-0.15, -0.1) is 0 Å². The molecule has 0 saturated heterocycles. The largest absolute Gasteiger partial charge is 0.328 e. The van der Waals surface area contributed by atoms with E-state index in [1.807, 2.05) is 30.3 Å². The van der Waals surface area contributed by atoms with Crippen LogP contribution in [0.4, 0.5) is 4.39 Å². The van der Waals surface area contributed by atoms with Crippen molar-refractivity contribution in [2.45, 2.75) is 39.3 Å². The highest BCUT2D eigenvalue weighted by Crippen LogP contribution is 2.30. The van der Waals surface area contributed by atoms with Gasteiger partial charge in [-0.2, -0.15) is 5.10 Å². The zero-order valence-corrected chi connectivity index (χ0v) is 16.4. The SMILES string of the molecule is Cc1nn(-c2ccccc2)c(C)c1C(=O)C(=O)N(Cc1ccccc1F)C1CC1. The predicted molar refractivity (Wildman–Crippen MR) is 107 cm³/mol. The van der Waals surface area contributed by atoms with Crippen LogP contribution in [-0.4, -0.2) is 32.4 Å². The maximum Gasteiger partial charge on any atom is 0.295 e. The lowest BCUT2D eigenvalue weighted by atomic mass is 10.1. The molecule has 3 aromatic rings. The number of aryl methyl sites for hydroxylation is 1. The molecule has 4 rings (SSSR count). The molecule has 1 amide bonds. The van der Waals surface area contributed by atoms with E-state index >= 15 is 0 Å². The molecule has 0 aliphatic heterocycles. The van der Waals surface area contributed by atoms with Crippen molar-refractivity contribution in [2.75, 3.05) is 0 Å². The Hall–Kier alpha value is -3.28. The highest BCUT2D eigenvalue weighted by molar-refractivity contribution is 6.43. The van der Waals surface area contributed by atoms with Gasteiger partial charge in [0.15, 0.2) is 0 Å². The molecule has 148 valence electrons. The first kappa shape index (κ1) is 19.1. The molecular weight excluding hydrogens is 369 g/mol. The smallest absolute Gasteiger partial charge is 0.295 e. The van der Waals surface area contributed by atoms with Gasteiger partial charge in [0.2, 0.25) is 0 Å². The topological polar surface area (TPSA) is 55.2 Å². The van der Waals surface area contributed by atoms with Crippen molar-refractivity contribution in [3.8, 4) is 5.69 Å². The van der Waals surface area contributed by atoms with Gasteiger partial charge in [-0.05, 0) is 44.9 Å². The van der Waals surface area contributed by atoms with Gasteiger partial charge >= 0.3 is 0 Å². The fourth-order valence-electron chi connectivity index (χ4n) is 3.59. The second-order valence-corrected chi connectivity index (χ2v) is 7.38. The molecular formula is C23H22FN3O2. The lowest BCUT2D eigenvalue weighted by molar-refractivity contribution is -0.127. The summed E-state index contributed by atoms with van der Waals surface area (Å²) < 4.78 is 15.8. The second-order valence-electron chi connectivity index (χ2n) is 7.38. The van der Waals surface area contributed by atoms with Crippen molar-refractivity contribution >= 4 is 11.7 Å². The highest BCUT2D eigenvalue weighted by atomic mass is 19.1. The van der Waals surface area contributed by atoms with E-state index in [-0.39, 0.29) is 18.4 Å². The number of ketones is 1. The van der Waals surface area contributed by atoms with E-state index in [4.69, 9.17) is 0 Å². The Morgan fingerprint density at radius 3 is 2.38 bits per heavy atom. The van der Waals surface area contributed by atoms with Crippen LogP contribution in [0, 0.1) is 19.7 Å². The van der Waals surface area contributed by atoms with Gasteiger partial charge in [-0.1, -0.05) is 36.4 Å². The molecule has 0 radical (unpaired) electrons. The fourth-order valence-corrected chi connectivity index (χ4v) is 3.59. The molecule has 0 N–H and O–H groups in total. The lowest BCUT2D eigenvalue weighted by Crippen LogP contribution is -2.38. The molecule has 0 spiro atoms. The van der Waals surface area contributed by atoms with Crippen LogP contribution >= 0.6 is 0 Å². The first-order chi connectivity index (χ1) is 14.0. The van der Waals surface area contributed by atoms with Gasteiger partial charge in [0.05, 0.1) is 22.6 Å². The van der Waals surface area contributed by atoms with Crippen LogP contribution in [0.3, 0.4) is 0 Å². The van der Waals surface area contributed by atoms with Gasteiger partial charge in [-0.25, -0.2) is 9.07 Å². The number of hydrogen-bond donors (Lipinski definition) is 0. The van der Waals surface area contributed by atoms with Gasteiger partial charge in [0, 0.05) is 18.2 Å². The highest BCUT2D eigenvalue weighted by Gasteiger charge is 2.37. The predicted octanol–water partition coefficient (Wildman–Crippen LogP) is 4.00. The number of aromatic nitrogens is 2. The Kier molecular flexibility index (Phi) is 5.01. The van der Waals surface area contributed by atoms with Crippen molar-refractivity contribution in [3.05, 3.63) is 82.9 Å². The number of amides is 1. The minimum absolute atomic E-state index is 0.0177. The molecule has 1 aliphatic carbocycles. The molecule has 29 heavy (non-hydrogen) atoms. The average molecular weight is 391 g/mol. The summed E-state index contributed by atoms with van der Waals surface area (Å²) in [6.07, 6.45) is 1.66. The number of nitrogens with zero attached hydrogens (tertiary/aromatic N) is 3. The molecule has 0 bridgehead atoms. The van der Waals surface area contributed by atoms with Gasteiger partial charge in [0.1, 0.15) is 5.82 Å². The number of carbonyl (C=O) groups is 2. The average Bonchev–Trinajstić information content (AvgIpc) is 3.52. The maximum absolute atomic E-state index is 14.1. The van der Waals surface area contributed by atoms with Gasteiger partial charge in [0.25, 0.3) is 11.7 Å². The first-order valence-electron chi connectivity index (χ1n) is 9.67. The standard InChI is InChI=1S/C23H22FN3O2/c1-15-21(16(2)27(25-15)19-9-4-3-5-10-19)22(28)23(29)26(18-12-13-18)14-17-8-6-7-11-20(17)24/h3-11,18H,12-14H2,1-2H3. The molecule has 5 nitrogen and oxygen atoms in total. The summed E-state index contributed by atoms with van der Waals surface area (Å²) in [6.45, 7) is 3.60. The zero-order valence-electron chi connectivity index (χ0n) is 16.4. The third-order valence-corrected chi connectivity index (χ3v) is 5.26. The number of rotatable bonds is 6. The molecule has 6 heteroatoms. The Bertz CT molecular complexity index is 1070. The molecule has 0 unspecified atom stereocenters. The minimum atomic E-state index is -0.602. The van der Waals surface area contributed by atoms with E-state index in [0.29, 0.717) is 22.5 Å². The summed E-state index contributed by atoms with van der Waals surface area (Å²) in [5.41, 5.74) is 2.68. The van der Waals surface area contributed by atoms with Crippen molar-refractivity contribution in [1.29, 1.82) is 0 Å². The lowest BCUT2D eigenvalue weighted by Gasteiger charge is -2.22. The summed E-state index contributed by atoms with van der Waals surface area (Å²) in [7, 11) is 0. The maximum atomic E-state index is 14.1. The van der Waals surface area contributed by atoms with Crippen molar-refractivity contribution in [2.24, 2.45) is 0 Å². The molecule has 1 aliphatic rings. The van der Waals surface area contributed by atoms with E-state index < -0.39 is 11.7 Å². The number of benzene rings is 2. The number of carbonyl (C=O) groups excluding carboxylic acids is 2. The Morgan fingerprint density at radius 2 is 1.72 bits per heavy atom. The monoisotopic (exact) mass is 391 g/mol. The van der Waals surface area contributed by atoms with E-state index in [1.54, 1.807) is 36.7 Å². The third-order valence-electron chi connectivity index (χ3n) is 5.26. The third kappa shape index (κ3) is 3.70. The summed E-state index contributed by atoms with van der Waals surface area (Å²) in [6, 6.07) is 15.8. The van der Waals surface area contributed by atoms with Crippen LogP contribution in [-0.2, 0) is 11.3 Å². The number of para-hydroxylation sites is 1. The van der Waals surface area contributed by atoms with Crippen molar-refractivity contribution < 1.29 is 14.0 Å². The Balaban J connectivity index is 1.64. The van der Waals surface area contributed by atoms with Gasteiger partial charge < -0.3 is 4.90 Å². The van der Waals surface area contributed by atoms with Crippen LogP contribution in [0.15, 0.2) is 54.6 Å². The van der Waals surface area contributed by atoms with E-state index in [1.165, 1.54) is 11.0 Å². The second kappa shape index (κ2) is 7.62. The van der Waals surface area contributed by atoms with E-state index in [9.17, 15) is 14.0 Å². The summed E-state index contributed by atoms with van der Waals surface area (Å²) in [5, 5.41) is 4.47. The normalized spacial score (nSPS) is 13.3. The van der Waals surface area contributed by atoms with Crippen molar-refractivity contribution in [1.82, 2.24) is 14.7 Å². The Labute approximate surface area is 168 Å². The quantitative estimate of drug-likeness (QED) is 0.471. The molecule has 1 heterocycles. The molecule has 0 atom stereocenters. The number of Topliss-reactive ketones (excluding diaryl/α,β-unsaturated/α-hetero) is 1. The van der Waals surface area contributed by atoms with Crippen LogP contribution in [0.1, 0.15) is 40.2 Å². The number of hydrogen-bond acceptors (Lipinski definition) is 3. The van der Waals surface area contributed by atoms with Crippen LogP contribution in [0.5, 0.6) is 0 Å². The van der Waals surface area contributed by atoms with Crippen molar-refractivity contribution in [3.63, 3.8) is 0 Å². The fraction of sp³-hybridized carbons (Fsp3) is 0.261. The van der Waals surface area contributed by atoms with Crippen LogP contribution in [0.2, 0.25) is 0 Å². The first-order valence-corrected chi connectivity index (χ1v) is 9.67. The molecule has 1 fully saturated rings. The zero-order chi connectivity index (χ0) is 20.5. The molecule has 1 saturated carbocycles. The van der Waals surface area contributed by atoms with Gasteiger partial charge in [-0.3, -0.25) is 9.59 Å². The molecule has 2 aromatic carbocycles. The van der Waals surface area contributed by atoms with E-state index in [2.05, 4.69) is 5.10 Å². The summed E-state index contributed by atoms with van der Waals surface area (Å²) in [5.74, 6) is -1.57. The van der Waals surface area contributed by atoms with E-state index in [0.717, 1.165) is 18.5 Å².